The maximum Gasteiger partial charge on any atom is 0.273 e. The third-order valence-corrected chi connectivity index (χ3v) is 3.69. The molecular formula is C13H13ClN2OS. The van der Waals surface area contributed by atoms with Crippen LogP contribution >= 0.6 is 22.9 Å². The molecule has 18 heavy (non-hydrogen) atoms. The lowest BCUT2D eigenvalue weighted by Crippen LogP contribution is -2.26. The fourth-order valence-corrected chi connectivity index (χ4v) is 2.39. The molecule has 0 fully saturated rings. The highest BCUT2D eigenvalue weighted by atomic mass is 35.5. The first-order valence-corrected chi connectivity index (χ1v) is 6.74. The molecule has 0 spiro atoms. The fourth-order valence-electron chi connectivity index (χ4n) is 1.61. The first kappa shape index (κ1) is 13.1. The lowest BCUT2D eigenvalue weighted by atomic mass is 10.2. The van der Waals surface area contributed by atoms with Gasteiger partial charge in [0.15, 0.2) is 0 Å². The molecule has 0 N–H and O–H groups in total. The van der Waals surface area contributed by atoms with E-state index in [9.17, 15) is 4.79 Å². The first-order chi connectivity index (χ1) is 8.58. The molecule has 0 unspecified atom stereocenters. The summed E-state index contributed by atoms with van der Waals surface area (Å²) in [6, 6.07) is 7.52. The van der Waals surface area contributed by atoms with Gasteiger partial charge in [0, 0.05) is 24.0 Å². The second-order valence-corrected chi connectivity index (χ2v) is 5.47. The van der Waals surface area contributed by atoms with Gasteiger partial charge in [0.05, 0.1) is 5.01 Å². The van der Waals surface area contributed by atoms with Gasteiger partial charge in [-0.1, -0.05) is 29.8 Å². The highest BCUT2D eigenvalue weighted by molar-refractivity contribution is 7.09. The van der Waals surface area contributed by atoms with Crippen LogP contribution in [0, 0.1) is 6.92 Å². The van der Waals surface area contributed by atoms with Crippen LogP contribution in [0.5, 0.6) is 0 Å². The fraction of sp³-hybridized carbons (Fsp3) is 0.231. The van der Waals surface area contributed by atoms with Crippen LogP contribution in [0.2, 0.25) is 5.02 Å². The van der Waals surface area contributed by atoms with Crippen molar-refractivity contribution in [3.05, 3.63) is 50.9 Å². The smallest absolute Gasteiger partial charge is 0.273 e. The van der Waals surface area contributed by atoms with Gasteiger partial charge in [0.25, 0.3) is 5.91 Å². The molecule has 1 aromatic heterocycles. The largest absolute Gasteiger partial charge is 0.336 e. The zero-order chi connectivity index (χ0) is 13.1. The standard InChI is InChI=1S/C13H13ClN2OS/c1-9-15-12(8-18-9)13(17)16(2)7-10-5-3-4-6-11(10)14/h3-6,8H,7H2,1-2H3. The molecule has 0 aliphatic rings. The molecule has 0 bridgehead atoms. The number of rotatable bonds is 3. The van der Waals surface area contributed by atoms with E-state index in [0.29, 0.717) is 17.3 Å². The normalized spacial score (nSPS) is 10.4. The SMILES string of the molecule is Cc1nc(C(=O)N(C)Cc2ccccc2Cl)cs1. The Morgan fingerprint density at radius 1 is 1.44 bits per heavy atom. The summed E-state index contributed by atoms with van der Waals surface area (Å²) < 4.78 is 0. The average Bonchev–Trinajstić information content (AvgIpc) is 2.78. The second-order valence-electron chi connectivity index (χ2n) is 4.00. The molecule has 2 rings (SSSR count). The van der Waals surface area contributed by atoms with Crippen LogP contribution in [0.3, 0.4) is 0 Å². The maximum absolute atomic E-state index is 12.1. The number of carbonyl (C=O) groups is 1. The first-order valence-electron chi connectivity index (χ1n) is 5.49. The number of thiazole rings is 1. The second kappa shape index (κ2) is 5.50. The molecule has 1 aromatic carbocycles. The zero-order valence-corrected chi connectivity index (χ0v) is 11.8. The van der Waals surface area contributed by atoms with Crippen LogP contribution in [0.15, 0.2) is 29.6 Å². The van der Waals surface area contributed by atoms with E-state index >= 15 is 0 Å². The predicted molar refractivity (Wildman–Crippen MR) is 74.1 cm³/mol. The Bertz CT molecular complexity index is 568. The van der Waals surface area contributed by atoms with Crippen LogP contribution < -0.4 is 0 Å². The number of aryl methyl sites for hydroxylation is 1. The minimum Gasteiger partial charge on any atom is -0.336 e. The number of aromatic nitrogens is 1. The number of benzene rings is 1. The zero-order valence-electron chi connectivity index (χ0n) is 10.2. The lowest BCUT2D eigenvalue weighted by Gasteiger charge is -2.16. The monoisotopic (exact) mass is 280 g/mol. The van der Waals surface area contributed by atoms with Crippen molar-refractivity contribution in [1.82, 2.24) is 9.88 Å². The number of nitrogens with zero attached hydrogens (tertiary/aromatic N) is 2. The van der Waals surface area contributed by atoms with E-state index in [1.165, 1.54) is 11.3 Å². The molecule has 0 radical (unpaired) electrons. The van der Waals surface area contributed by atoms with Crippen molar-refractivity contribution in [2.24, 2.45) is 0 Å². The van der Waals surface area contributed by atoms with Crippen LogP contribution in [0.1, 0.15) is 21.1 Å². The van der Waals surface area contributed by atoms with Crippen molar-refractivity contribution in [3.8, 4) is 0 Å². The molecule has 3 nitrogen and oxygen atoms in total. The summed E-state index contributed by atoms with van der Waals surface area (Å²) in [5, 5.41) is 3.34. The Morgan fingerprint density at radius 2 is 2.17 bits per heavy atom. The predicted octanol–water partition coefficient (Wildman–Crippen LogP) is 3.38. The number of amides is 1. The summed E-state index contributed by atoms with van der Waals surface area (Å²) in [5.41, 5.74) is 1.43. The average molecular weight is 281 g/mol. The minimum atomic E-state index is -0.0840. The molecule has 0 aliphatic heterocycles. The molecule has 0 atom stereocenters. The molecule has 0 saturated heterocycles. The summed E-state index contributed by atoms with van der Waals surface area (Å²) in [6.45, 7) is 2.37. The van der Waals surface area contributed by atoms with Crippen molar-refractivity contribution >= 4 is 28.8 Å². The van der Waals surface area contributed by atoms with E-state index in [-0.39, 0.29) is 5.91 Å². The van der Waals surface area contributed by atoms with Gasteiger partial charge < -0.3 is 4.90 Å². The van der Waals surface area contributed by atoms with Crippen molar-refractivity contribution in [1.29, 1.82) is 0 Å². The maximum atomic E-state index is 12.1. The molecule has 0 aliphatic carbocycles. The number of carbonyl (C=O) groups excluding carboxylic acids is 1. The topological polar surface area (TPSA) is 33.2 Å². The van der Waals surface area contributed by atoms with E-state index in [4.69, 9.17) is 11.6 Å². The van der Waals surface area contributed by atoms with Gasteiger partial charge in [-0.15, -0.1) is 11.3 Å². The molecule has 1 amide bonds. The third kappa shape index (κ3) is 2.89. The number of halogens is 1. The minimum absolute atomic E-state index is 0.0840. The molecular weight excluding hydrogens is 268 g/mol. The van der Waals surface area contributed by atoms with Crippen molar-refractivity contribution in [2.75, 3.05) is 7.05 Å². The van der Waals surface area contributed by atoms with Gasteiger partial charge in [-0.2, -0.15) is 0 Å². The van der Waals surface area contributed by atoms with Crippen LogP contribution in [0.4, 0.5) is 0 Å². The van der Waals surface area contributed by atoms with E-state index < -0.39 is 0 Å². The van der Waals surface area contributed by atoms with Crippen LogP contribution in [-0.4, -0.2) is 22.8 Å². The summed E-state index contributed by atoms with van der Waals surface area (Å²) in [4.78, 5) is 17.9. The highest BCUT2D eigenvalue weighted by Crippen LogP contribution is 2.18. The summed E-state index contributed by atoms with van der Waals surface area (Å²) in [7, 11) is 1.75. The molecule has 0 saturated carbocycles. The van der Waals surface area contributed by atoms with Gasteiger partial charge in [-0.25, -0.2) is 4.98 Å². The highest BCUT2D eigenvalue weighted by Gasteiger charge is 2.15. The Balaban J connectivity index is 2.11. The van der Waals surface area contributed by atoms with E-state index in [1.54, 1.807) is 17.3 Å². The third-order valence-electron chi connectivity index (χ3n) is 2.55. The Morgan fingerprint density at radius 3 is 2.78 bits per heavy atom. The summed E-state index contributed by atoms with van der Waals surface area (Å²) >= 11 is 7.55. The molecule has 1 heterocycles. The van der Waals surface area contributed by atoms with Gasteiger partial charge in [0.1, 0.15) is 5.69 Å². The number of hydrogen-bond acceptors (Lipinski definition) is 3. The van der Waals surface area contributed by atoms with E-state index in [0.717, 1.165) is 10.6 Å². The van der Waals surface area contributed by atoms with E-state index in [1.807, 2.05) is 31.2 Å². The quantitative estimate of drug-likeness (QED) is 0.863. The molecule has 5 heteroatoms. The van der Waals surface area contributed by atoms with Crippen molar-refractivity contribution in [2.45, 2.75) is 13.5 Å². The molecule has 94 valence electrons. The Kier molecular flexibility index (Phi) is 3.99. The van der Waals surface area contributed by atoms with Crippen molar-refractivity contribution < 1.29 is 4.79 Å². The van der Waals surface area contributed by atoms with Gasteiger partial charge >= 0.3 is 0 Å². The molecule has 2 aromatic rings. The van der Waals surface area contributed by atoms with Crippen LogP contribution in [0.25, 0.3) is 0 Å². The summed E-state index contributed by atoms with van der Waals surface area (Å²) in [6.07, 6.45) is 0. The van der Waals surface area contributed by atoms with Gasteiger partial charge in [-0.3, -0.25) is 4.79 Å². The van der Waals surface area contributed by atoms with E-state index in [2.05, 4.69) is 4.98 Å². The van der Waals surface area contributed by atoms with Crippen molar-refractivity contribution in [3.63, 3.8) is 0 Å². The summed E-state index contributed by atoms with van der Waals surface area (Å²) in [5.74, 6) is -0.0840. The van der Waals surface area contributed by atoms with Gasteiger partial charge in [0.2, 0.25) is 0 Å². The Labute approximate surface area is 115 Å². The lowest BCUT2D eigenvalue weighted by molar-refractivity contribution is 0.0780. The van der Waals surface area contributed by atoms with Crippen LogP contribution in [-0.2, 0) is 6.54 Å². The van der Waals surface area contributed by atoms with Gasteiger partial charge in [-0.05, 0) is 18.6 Å². The number of hydrogen-bond donors (Lipinski definition) is 0. The Hall–Kier alpha value is -1.39.